The van der Waals surface area contributed by atoms with Gasteiger partial charge in [-0.2, -0.15) is 5.10 Å². The summed E-state index contributed by atoms with van der Waals surface area (Å²) in [5.74, 6) is -0.150. The molecule has 0 spiro atoms. The SMILES string of the molecule is CCC1CN(C(=O)C2=NN(c3cc(C)ccc3C)C(=O)CC2)CCO1. The van der Waals surface area contributed by atoms with Gasteiger partial charge in [0.2, 0.25) is 5.91 Å². The summed E-state index contributed by atoms with van der Waals surface area (Å²) in [4.78, 5) is 27.0. The highest BCUT2D eigenvalue weighted by atomic mass is 16.5. The molecule has 0 saturated carbocycles. The Morgan fingerprint density at radius 1 is 1.32 bits per heavy atom. The van der Waals surface area contributed by atoms with Gasteiger partial charge in [0.1, 0.15) is 5.71 Å². The van der Waals surface area contributed by atoms with E-state index in [1.807, 2.05) is 32.0 Å². The van der Waals surface area contributed by atoms with Crippen LogP contribution >= 0.6 is 0 Å². The number of carbonyl (C=O) groups excluding carboxylic acids is 2. The van der Waals surface area contributed by atoms with E-state index in [9.17, 15) is 9.59 Å². The zero-order chi connectivity index (χ0) is 18.0. The normalized spacial score (nSPS) is 21.3. The second kappa shape index (κ2) is 7.35. The van der Waals surface area contributed by atoms with Crippen LogP contribution in [0.1, 0.15) is 37.3 Å². The fraction of sp³-hybridized carbons (Fsp3) is 0.526. The zero-order valence-electron chi connectivity index (χ0n) is 15.1. The van der Waals surface area contributed by atoms with E-state index in [0.717, 1.165) is 23.2 Å². The average Bonchev–Trinajstić information content (AvgIpc) is 2.63. The monoisotopic (exact) mass is 343 g/mol. The van der Waals surface area contributed by atoms with Crippen molar-refractivity contribution in [2.45, 2.75) is 46.1 Å². The highest BCUT2D eigenvalue weighted by Gasteiger charge is 2.31. The fourth-order valence-electron chi connectivity index (χ4n) is 3.18. The van der Waals surface area contributed by atoms with Crippen LogP contribution in [0.25, 0.3) is 0 Å². The van der Waals surface area contributed by atoms with Gasteiger partial charge in [-0.1, -0.05) is 19.1 Å². The average molecular weight is 343 g/mol. The Hall–Kier alpha value is -2.21. The molecule has 2 heterocycles. The Balaban J connectivity index is 1.85. The van der Waals surface area contributed by atoms with Crippen molar-refractivity contribution < 1.29 is 14.3 Å². The molecule has 0 bridgehead atoms. The first-order valence-electron chi connectivity index (χ1n) is 8.88. The van der Waals surface area contributed by atoms with Crippen molar-refractivity contribution >= 4 is 23.2 Å². The van der Waals surface area contributed by atoms with E-state index in [1.54, 1.807) is 4.90 Å². The van der Waals surface area contributed by atoms with E-state index in [0.29, 0.717) is 38.2 Å². The molecule has 1 atom stereocenters. The second-order valence-corrected chi connectivity index (χ2v) is 6.69. The lowest BCUT2D eigenvalue weighted by Gasteiger charge is -2.34. The van der Waals surface area contributed by atoms with E-state index < -0.39 is 0 Å². The Labute approximate surface area is 148 Å². The minimum atomic E-state index is -0.0791. The predicted molar refractivity (Wildman–Crippen MR) is 96.7 cm³/mol. The Bertz CT molecular complexity index is 714. The molecule has 2 aliphatic rings. The number of hydrazone groups is 1. The molecule has 0 N–H and O–H groups in total. The number of benzene rings is 1. The molecule has 0 aliphatic carbocycles. The molecule has 1 fully saturated rings. The number of nitrogens with zero attached hydrogens (tertiary/aromatic N) is 3. The van der Waals surface area contributed by atoms with Gasteiger partial charge in [0.25, 0.3) is 5.91 Å². The Kier molecular flexibility index (Phi) is 5.18. The van der Waals surface area contributed by atoms with Crippen LogP contribution in [0.4, 0.5) is 5.69 Å². The Morgan fingerprint density at radius 3 is 2.88 bits per heavy atom. The molecule has 6 nitrogen and oxygen atoms in total. The lowest BCUT2D eigenvalue weighted by atomic mass is 10.1. The second-order valence-electron chi connectivity index (χ2n) is 6.69. The lowest BCUT2D eigenvalue weighted by molar-refractivity contribution is -0.131. The summed E-state index contributed by atoms with van der Waals surface area (Å²) in [5, 5.41) is 5.83. The summed E-state index contributed by atoms with van der Waals surface area (Å²) in [5.41, 5.74) is 3.23. The highest BCUT2D eigenvalue weighted by Crippen LogP contribution is 2.26. The van der Waals surface area contributed by atoms with Crippen molar-refractivity contribution in [2.24, 2.45) is 5.10 Å². The molecule has 0 aromatic heterocycles. The van der Waals surface area contributed by atoms with Crippen LogP contribution in [-0.2, 0) is 14.3 Å². The molecule has 3 rings (SSSR count). The molecule has 6 heteroatoms. The maximum absolute atomic E-state index is 12.9. The molecule has 1 saturated heterocycles. The van der Waals surface area contributed by atoms with Gasteiger partial charge in [0.05, 0.1) is 18.4 Å². The summed E-state index contributed by atoms with van der Waals surface area (Å²) in [6.07, 6.45) is 1.66. The standard InChI is InChI=1S/C19H25N3O3/c1-4-15-12-21(9-10-25-15)19(24)16-7-8-18(23)22(20-16)17-11-13(2)5-6-14(17)3/h5-6,11,15H,4,7-10,12H2,1-3H3. The first-order valence-corrected chi connectivity index (χ1v) is 8.88. The van der Waals surface area contributed by atoms with Crippen molar-refractivity contribution in [2.75, 3.05) is 24.7 Å². The molecular weight excluding hydrogens is 318 g/mol. The minimum Gasteiger partial charge on any atom is -0.375 e. The molecular formula is C19H25N3O3. The largest absolute Gasteiger partial charge is 0.375 e. The van der Waals surface area contributed by atoms with Gasteiger partial charge in [-0.05, 0) is 37.5 Å². The first kappa shape index (κ1) is 17.6. The summed E-state index contributed by atoms with van der Waals surface area (Å²) >= 11 is 0. The van der Waals surface area contributed by atoms with Crippen LogP contribution in [0.3, 0.4) is 0 Å². The first-order chi connectivity index (χ1) is 12.0. The predicted octanol–water partition coefficient (Wildman–Crippen LogP) is 2.42. The summed E-state index contributed by atoms with van der Waals surface area (Å²) in [7, 11) is 0. The van der Waals surface area contributed by atoms with Crippen LogP contribution in [0.5, 0.6) is 0 Å². The molecule has 1 aromatic rings. The van der Waals surface area contributed by atoms with Gasteiger partial charge < -0.3 is 9.64 Å². The van der Waals surface area contributed by atoms with Crippen molar-refractivity contribution in [1.82, 2.24) is 4.90 Å². The fourth-order valence-corrected chi connectivity index (χ4v) is 3.18. The summed E-state index contributed by atoms with van der Waals surface area (Å²) in [6, 6.07) is 5.91. The minimum absolute atomic E-state index is 0.0707. The highest BCUT2D eigenvalue weighted by molar-refractivity contribution is 6.40. The van der Waals surface area contributed by atoms with E-state index in [-0.39, 0.29) is 17.9 Å². The molecule has 2 aliphatic heterocycles. The van der Waals surface area contributed by atoms with E-state index >= 15 is 0 Å². The number of amides is 2. The number of hydrogen-bond donors (Lipinski definition) is 0. The van der Waals surface area contributed by atoms with Crippen molar-refractivity contribution in [3.05, 3.63) is 29.3 Å². The third-order valence-electron chi connectivity index (χ3n) is 4.75. The van der Waals surface area contributed by atoms with Crippen LogP contribution in [-0.4, -0.2) is 48.2 Å². The molecule has 134 valence electrons. The quantitative estimate of drug-likeness (QED) is 0.847. The molecule has 25 heavy (non-hydrogen) atoms. The maximum Gasteiger partial charge on any atom is 0.270 e. The number of morpholine rings is 1. The maximum atomic E-state index is 12.9. The number of carbonyl (C=O) groups is 2. The van der Waals surface area contributed by atoms with Gasteiger partial charge in [-0.15, -0.1) is 0 Å². The number of rotatable bonds is 3. The van der Waals surface area contributed by atoms with Crippen molar-refractivity contribution in [1.29, 1.82) is 0 Å². The van der Waals surface area contributed by atoms with Crippen molar-refractivity contribution in [3.63, 3.8) is 0 Å². The van der Waals surface area contributed by atoms with Crippen LogP contribution in [0.15, 0.2) is 23.3 Å². The van der Waals surface area contributed by atoms with Crippen molar-refractivity contribution in [3.8, 4) is 0 Å². The van der Waals surface area contributed by atoms with Gasteiger partial charge in [0, 0.05) is 25.9 Å². The van der Waals surface area contributed by atoms with E-state index in [4.69, 9.17) is 4.74 Å². The van der Waals surface area contributed by atoms with Gasteiger partial charge in [-0.3, -0.25) is 9.59 Å². The van der Waals surface area contributed by atoms with E-state index in [1.165, 1.54) is 5.01 Å². The van der Waals surface area contributed by atoms with Crippen LogP contribution in [0.2, 0.25) is 0 Å². The third-order valence-corrected chi connectivity index (χ3v) is 4.75. The van der Waals surface area contributed by atoms with Crippen LogP contribution < -0.4 is 5.01 Å². The smallest absolute Gasteiger partial charge is 0.270 e. The summed E-state index contributed by atoms with van der Waals surface area (Å²) < 4.78 is 5.63. The zero-order valence-corrected chi connectivity index (χ0v) is 15.1. The van der Waals surface area contributed by atoms with Gasteiger partial charge in [0.15, 0.2) is 0 Å². The molecule has 0 radical (unpaired) electrons. The number of hydrogen-bond acceptors (Lipinski definition) is 4. The van der Waals surface area contributed by atoms with E-state index in [2.05, 4.69) is 12.0 Å². The number of ether oxygens (including phenoxy) is 1. The summed E-state index contributed by atoms with van der Waals surface area (Å²) in [6.45, 7) is 7.69. The van der Waals surface area contributed by atoms with Gasteiger partial charge in [-0.25, -0.2) is 5.01 Å². The molecule has 2 amide bonds. The molecule has 1 aromatic carbocycles. The van der Waals surface area contributed by atoms with Gasteiger partial charge >= 0.3 is 0 Å². The van der Waals surface area contributed by atoms with Crippen LogP contribution in [0, 0.1) is 13.8 Å². The molecule has 1 unspecified atom stereocenters. The Morgan fingerprint density at radius 2 is 2.12 bits per heavy atom. The number of aryl methyl sites for hydroxylation is 2. The topological polar surface area (TPSA) is 62.2 Å². The third kappa shape index (κ3) is 3.74. The lowest BCUT2D eigenvalue weighted by Crippen LogP contribution is -2.49. The number of anilines is 1.